The summed E-state index contributed by atoms with van der Waals surface area (Å²) in [6.07, 6.45) is 1.17. The number of nitrogens with one attached hydrogen (secondary N) is 2. The summed E-state index contributed by atoms with van der Waals surface area (Å²) >= 11 is 0. The van der Waals surface area contributed by atoms with Crippen molar-refractivity contribution in [2.45, 2.75) is 18.9 Å². The van der Waals surface area contributed by atoms with Crippen molar-refractivity contribution in [2.75, 3.05) is 43.1 Å². The van der Waals surface area contributed by atoms with Crippen molar-refractivity contribution in [3.8, 4) is 0 Å². The molecule has 2 N–H and O–H groups in total. The fourth-order valence-electron chi connectivity index (χ4n) is 3.80. The number of morpholine rings is 1. The third-order valence-electron chi connectivity index (χ3n) is 5.50. The first-order chi connectivity index (χ1) is 15.1. The number of amides is 4. The monoisotopic (exact) mass is 422 g/mol. The lowest BCUT2D eigenvalue weighted by molar-refractivity contribution is -0.130. The first-order valence-corrected chi connectivity index (χ1v) is 10.5. The number of urea groups is 1. The van der Waals surface area contributed by atoms with E-state index in [1.165, 1.54) is 0 Å². The fourth-order valence-corrected chi connectivity index (χ4v) is 3.80. The first kappa shape index (κ1) is 20.9. The zero-order valence-electron chi connectivity index (χ0n) is 17.3. The van der Waals surface area contributed by atoms with Crippen molar-refractivity contribution in [1.82, 2.24) is 10.2 Å². The maximum absolute atomic E-state index is 12.6. The molecule has 0 aromatic heterocycles. The van der Waals surface area contributed by atoms with Gasteiger partial charge in [0.1, 0.15) is 12.6 Å². The van der Waals surface area contributed by atoms with Gasteiger partial charge >= 0.3 is 6.03 Å². The van der Waals surface area contributed by atoms with Gasteiger partial charge in [0.15, 0.2) is 0 Å². The fraction of sp³-hybridized carbons (Fsp3) is 0.348. The highest BCUT2D eigenvalue weighted by molar-refractivity contribution is 6.07. The molecule has 162 valence electrons. The van der Waals surface area contributed by atoms with Crippen LogP contribution in [0.3, 0.4) is 0 Å². The van der Waals surface area contributed by atoms with Gasteiger partial charge in [0.05, 0.1) is 13.2 Å². The third kappa shape index (κ3) is 5.21. The Hall–Kier alpha value is -3.39. The van der Waals surface area contributed by atoms with Crippen molar-refractivity contribution >= 4 is 29.2 Å². The molecule has 8 heteroatoms. The number of benzene rings is 2. The third-order valence-corrected chi connectivity index (χ3v) is 5.50. The van der Waals surface area contributed by atoms with Gasteiger partial charge < -0.3 is 20.3 Å². The molecule has 4 amide bonds. The maximum atomic E-state index is 12.6. The second-order valence-corrected chi connectivity index (χ2v) is 7.65. The van der Waals surface area contributed by atoms with Crippen LogP contribution < -0.4 is 15.5 Å². The van der Waals surface area contributed by atoms with Crippen LogP contribution in [0.1, 0.15) is 12.0 Å². The molecule has 8 nitrogen and oxygen atoms in total. The Morgan fingerprint density at radius 2 is 1.74 bits per heavy atom. The average molecular weight is 422 g/mol. The summed E-state index contributed by atoms with van der Waals surface area (Å²) in [6, 6.07) is 16.2. The summed E-state index contributed by atoms with van der Waals surface area (Å²) in [5.41, 5.74) is 2.78. The summed E-state index contributed by atoms with van der Waals surface area (Å²) in [4.78, 5) is 40.4. The maximum Gasteiger partial charge on any atom is 0.325 e. The molecule has 2 heterocycles. The van der Waals surface area contributed by atoms with Crippen LogP contribution in [0.5, 0.6) is 0 Å². The van der Waals surface area contributed by atoms with Crippen LogP contribution in [-0.2, 0) is 20.7 Å². The number of hydrogen-bond acceptors (Lipinski definition) is 5. The molecule has 2 saturated heterocycles. The van der Waals surface area contributed by atoms with Crippen LogP contribution in [0.4, 0.5) is 16.2 Å². The minimum absolute atomic E-state index is 0.308. The van der Waals surface area contributed by atoms with Crippen LogP contribution in [0.15, 0.2) is 54.6 Å². The van der Waals surface area contributed by atoms with Gasteiger partial charge in [-0.15, -0.1) is 0 Å². The van der Waals surface area contributed by atoms with E-state index < -0.39 is 18.0 Å². The predicted molar refractivity (Wildman–Crippen MR) is 117 cm³/mol. The summed E-state index contributed by atoms with van der Waals surface area (Å²) in [5, 5.41) is 5.44. The molecule has 4 rings (SSSR count). The highest BCUT2D eigenvalue weighted by atomic mass is 16.5. The minimum Gasteiger partial charge on any atom is -0.378 e. The van der Waals surface area contributed by atoms with Gasteiger partial charge in [-0.1, -0.05) is 30.3 Å². The summed E-state index contributed by atoms with van der Waals surface area (Å²) in [5.74, 6) is -0.773. The molecule has 0 aliphatic carbocycles. The van der Waals surface area contributed by atoms with Crippen molar-refractivity contribution in [1.29, 1.82) is 0 Å². The Kier molecular flexibility index (Phi) is 6.47. The lowest BCUT2D eigenvalue weighted by Crippen LogP contribution is -2.38. The van der Waals surface area contributed by atoms with Crippen LogP contribution in [0.25, 0.3) is 0 Å². The highest BCUT2D eigenvalue weighted by Crippen LogP contribution is 2.19. The van der Waals surface area contributed by atoms with Gasteiger partial charge in [0, 0.05) is 24.5 Å². The van der Waals surface area contributed by atoms with Crippen molar-refractivity contribution in [3.05, 3.63) is 60.2 Å². The molecule has 0 bridgehead atoms. The number of carbonyl (C=O) groups is 3. The van der Waals surface area contributed by atoms with E-state index in [1.807, 2.05) is 54.6 Å². The molecule has 0 spiro atoms. The van der Waals surface area contributed by atoms with Gasteiger partial charge in [-0.3, -0.25) is 14.5 Å². The van der Waals surface area contributed by atoms with E-state index in [9.17, 15) is 14.4 Å². The number of anilines is 2. The number of ether oxygens (including phenoxy) is 1. The molecule has 2 aromatic rings. The van der Waals surface area contributed by atoms with Crippen LogP contribution in [0.2, 0.25) is 0 Å². The number of aryl methyl sites for hydroxylation is 1. The second kappa shape index (κ2) is 9.61. The lowest BCUT2D eigenvalue weighted by atomic mass is 10.1. The first-order valence-electron chi connectivity index (χ1n) is 10.5. The molecule has 2 fully saturated rings. The number of nitrogens with zero attached hydrogens (tertiary/aromatic N) is 2. The Labute approximate surface area is 181 Å². The number of carbonyl (C=O) groups excluding carboxylic acids is 3. The standard InChI is InChI=1S/C23H26N4O4/c28-21(24-18-7-9-19(10-8-18)26-12-14-31-15-13-26)16-27-22(29)20(25-23(27)30)11-6-17-4-2-1-3-5-17/h1-5,7-10,20H,6,11-16H2,(H,24,28)(H,25,30)/t20-/m1/s1. The molecule has 2 aromatic carbocycles. The summed E-state index contributed by atoms with van der Waals surface area (Å²) < 4.78 is 5.36. The van der Waals surface area contributed by atoms with Crippen molar-refractivity contribution in [2.24, 2.45) is 0 Å². The molecular weight excluding hydrogens is 396 g/mol. The van der Waals surface area contributed by atoms with E-state index in [1.54, 1.807) is 0 Å². The highest BCUT2D eigenvalue weighted by Gasteiger charge is 2.38. The van der Waals surface area contributed by atoms with Gasteiger partial charge in [0.25, 0.3) is 5.91 Å². The average Bonchev–Trinajstić information content (AvgIpc) is 3.07. The molecular formula is C23H26N4O4. The van der Waals surface area contributed by atoms with Crippen molar-refractivity contribution in [3.63, 3.8) is 0 Å². The Morgan fingerprint density at radius 3 is 2.45 bits per heavy atom. The van der Waals surface area contributed by atoms with E-state index in [0.717, 1.165) is 29.2 Å². The Bertz CT molecular complexity index is 926. The summed E-state index contributed by atoms with van der Waals surface area (Å²) in [7, 11) is 0. The van der Waals surface area contributed by atoms with E-state index in [-0.39, 0.29) is 12.5 Å². The molecule has 2 aliphatic rings. The van der Waals surface area contributed by atoms with Crippen molar-refractivity contribution < 1.29 is 19.1 Å². The predicted octanol–water partition coefficient (Wildman–Crippen LogP) is 2.01. The van der Waals surface area contributed by atoms with Gasteiger partial charge in [-0.25, -0.2) is 4.79 Å². The van der Waals surface area contributed by atoms with Crippen LogP contribution >= 0.6 is 0 Å². The molecule has 0 unspecified atom stereocenters. The zero-order valence-corrected chi connectivity index (χ0v) is 17.3. The summed E-state index contributed by atoms with van der Waals surface area (Å²) in [6.45, 7) is 2.78. The van der Waals surface area contributed by atoms with Crippen LogP contribution in [0, 0.1) is 0 Å². The largest absolute Gasteiger partial charge is 0.378 e. The van der Waals surface area contributed by atoms with Crippen LogP contribution in [-0.4, -0.2) is 61.6 Å². The Morgan fingerprint density at radius 1 is 1.03 bits per heavy atom. The molecule has 0 radical (unpaired) electrons. The van der Waals surface area contributed by atoms with E-state index in [4.69, 9.17) is 4.74 Å². The smallest absolute Gasteiger partial charge is 0.325 e. The topological polar surface area (TPSA) is 91.0 Å². The van der Waals surface area contributed by atoms with Gasteiger partial charge in [0.2, 0.25) is 5.91 Å². The zero-order chi connectivity index (χ0) is 21.6. The molecule has 2 aliphatic heterocycles. The number of rotatable bonds is 7. The number of imide groups is 1. The molecule has 1 atom stereocenters. The van der Waals surface area contributed by atoms with E-state index in [2.05, 4.69) is 15.5 Å². The lowest BCUT2D eigenvalue weighted by Gasteiger charge is -2.28. The normalized spacial score (nSPS) is 18.8. The minimum atomic E-state index is -0.603. The number of hydrogen-bond donors (Lipinski definition) is 2. The second-order valence-electron chi connectivity index (χ2n) is 7.65. The Balaban J connectivity index is 1.28. The van der Waals surface area contributed by atoms with Gasteiger partial charge in [-0.2, -0.15) is 0 Å². The molecule has 31 heavy (non-hydrogen) atoms. The van der Waals surface area contributed by atoms with E-state index >= 15 is 0 Å². The quantitative estimate of drug-likeness (QED) is 0.666. The van der Waals surface area contributed by atoms with E-state index in [0.29, 0.717) is 31.7 Å². The molecule has 0 saturated carbocycles. The van der Waals surface area contributed by atoms with Gasteiger partial charge in [-0.05, 0) is 42.7 Å². The SMILES string of the molecule is O=C(CN1C(=O)N[C@H](CCc2ccccc2)C1=O)Nc1ccc(N2CCOCC2)cc1.